The number of ether oxygens (including phenoxy) is 1. The zero-order valence-corrected chi connectivity index (χ0v) is 26.2. The van der Waals surface area contributed by atoms with E-state index in [1.807, 2.05) is 58.0 Å². The lowest BCUT2D eigenvalue weighted by Crippen LogP contribution is -2.55. The van der Waals surface area contributed by atoms with E-state index in [1.165, 1.54) is 4.90 Å². The fraction of sp³-hybridized carbons (Fsp3) is 0.438. The molecule has 1 aliphatic rings. The Bertz CT molecular complexity index is 1410. The molecule has 0 saturated carbocycles. The van der Waals surface area contributed by atoms with Crippen LogP contribution in [0.5, 0.6) is 0 Å². The van der Waals surface area contributed by atoms with E-state index in [4.69, 9.17) is 15.9 Å². The molecule has 242 valence electrons. The number of imide groups is 1. The number of alkyl carbamates (subject to hydrolysis) is 1. The quantitative estimate of drug-likeness (QED) is 0.120. The Morgan fingerprint density at radius 1 is 1.00 bits per heavy atom. The van der Waals surface area contributed by atoms with E-state index in [9.17, 15) is 29.1 Å². The van der Waals surface area contributed by atoms with Gasteiger partial charge in [0.25, 0.3) is 5.91 Å². The van der Waals surface area contributed by atoms with Crippen LogP contribution < -0.4 is 16.4 Å². The highest BCUT2D eigenvalue weighted by Gasteiger charge is 2.58. The Kier molecular flexibility index (Phi) is 11.3. The Hall–Kier alpha value is -4.94. The van der Waals surface area contributed by atoms with E-state index in [2.05, 4.69) is 10.6 Å². The number of carbonyl (C=O) groups excluding carboxylic acids is 4. The lowest BCUT2D eigenvalue weighted by Gasteiger charge is -2.32. The van der Waals surface area contributed by atoms with Crippen LogP contribution in [0, 0.1) is 17.2 Å². The van der Waals surface area contributed by atoms with Crippen molar-refractivity contribution in [2.75, 3.05) is 13.2 Å². The third kappa shape index (κ3) is 8.16. The molecule has 3 rings (SSSR count). The number of amides is 5. The van der Waals surface area contributed by atoms with Gasteiger partial charge in [0, 0.05) is 18.7 Å². The number of nitrogens with one attached hydrogen (secondary N) is 3. The summed E-state index contributed by atoms with van der Waals surface area (Å²) in [6.07, 6.45) is -0.847. The maximum absolute atomic E-state index is 14.4. The number of aliphatic carboxylic acids is 1. The van der Waals surface area contributed by atoms with Gasteiger partial charge in [0.15, 0.2) is 0 Å². The average molecular weight is 623 g/mol. The molecule has 1 unspecified atom stereocenters. The molecule has 0 aromatic heterocycles. The van der Waals surface area contributed by atoms with Crippen LogP contribution in [0.15, 0.2) is 54.6 Å². The maximum atomic E-state index is 14.4. The molecule has 13 nitrogen and oxygen atoms in total. The second-order valence-corrected chi connectivity index (χ2v) is 12.0. The lowest BCUT2D eigenvalue weighted by atomic mass is 9.88. The summed E-state index contributed by atoms with van der Waals surface area (Å²) in [5, 5.41) is 22.1. The number of nitrogens with zero attached hydrogens (tertiary/aromatic N) is 2. The van der Waals surface area contributed by atoms with E-state index in [-0.39, 0.29) is 37.2 Å². The van der Waals surface area contributed by atoms with Gasteiger partial charge in [-0.25, -0.2) is 19.3 Å². The van der Waals surface area contributed by atoms with Gasteiger partial charge < -0.3 is 31.1 Å². The van der Waals surface area contributed by atoms with Crippen molar-refractivity contribution in [1.29, 1.82) is 5.41 Å². The van der Waals surface area contributed by atoms with Crippen molar-refractivity contribution in [3.8, 4) is 0 Å². The first-order chi connectivity index (χ1) is 21.2. The predicted molar refractivity (Wildman–Crippen MR) is 166 cm³/mol. The monoisotopic (exact) mass is 622 g/mol. The number of carboxylic acids is 1. The fourth-order valence-corrected chi connectivity index (χ4v) is 5.00. The topological polar surface area (TPSA) is 195 Å². The predicted octanol–water partition coefficient (Wildman–Crippen LogP) is 3.02. The van der Waals surface area contributed by atoms with Crippen LogP contribution in [0.1, 0.15) is 57.7 Å². The van der Waals surface area contributed by atoms with Gasteiger partial charge in [-0.05, 0) is 36.3 Å². The van der Waals surface area contributed by atoms with Crippen LogP contribution in [0.2, 0.25) is 0 Å². The Morgan fingerprint density at radius 2 is 1.62 bits per heavy atom. The number of hydrogen-bond donors (Lipinski definition) is 5. The molecule has 13 heteroatoms. The highest BCUT2D eigenvalue weighted by molar-refractivity contribution is 6.10. The number of nitrogen functional groups attached to an aromatic ring is 1. The first-order valence-electron chi connectivity index (χ1n) is 14.7. The molecule has 1 aliphatic heterocycles. The summed E-state index contributed by atoms with van der Waals surface area (Å²) in [5.74, 6) is -3.04. The zero-order valence-electron chi connectivity index (χ0n) is 26.2. The van der Waals surface area contributed by atoms with Crippen LogP contribution in [0.4, 0.5) is 9.59 Å². The smallest absolute Gasteiger partial charge is 0.407 e. The number of nitrogens with two attached hydrogens (primary N) is 1. The number of rotatable bonds is 14. The SMILES string of the molecule is CC(C)COC(=O)N[C@@H](CNC(=O)C(CC(C)C)N1C(=O)N(Cc2ccccc2)[C@@](C)(c2ccc(C(=N)N)cc2)C1=O)C(=O)O. The van der Waals surface area contributed by atoms with Crippen molar-refractivity contribution in [3.05, 3.63) is 71.3 Å². The molecule has 6 N–H and O–H groups in total. The summed E-state index contributed by atoms with van der Waals surface area (Å²) in [6.45, 7) is 8.56. The van der Waals surface area contributed by atoms with Gasteiger partial charge >= 0.3 is 18.1 Å². The first kappa shape index (κ1) is 34.5. The molecule has 1 saturated heterocycles. The van der Waals surface area contributed by atoms with Crippen molar-refractivity contribution in [2.24, 2.45) is 17.6 Å². The molecule has 2 aromatic rings. The van der Waals surface area contributed by atoms with E-state index in [1.54, 1.807) is 31.2 Å². The molecule has 5 amide bonds. The molecule has 45 heavy (non-hydrogen) atoms. The van der Waals surface area contributed by atoms with Crippen LogP contribution in [0.3, 0.4) is 0 Å². The second kappa shape index (κ2) is 14.7. The van der Waals surface area contributed by atoms with Gasteiger partial charge in [-0.2, -0.15) is 0 Å². The summed E-state index contributed by atoms with van der Waals surface area (Å²) in [6, 6.07) is 12.1. The third-order valence-corrected chi connectivity index (χ3v) is 7.48. The molecule has 3 atom stereocenters. The largest absolute Gasteiger partial charge is 0.480 e. The van der Waals surface area contributed by atoms with Crippen molar-refractivity contribution >= 4 is 35.7 Å². The first-order valence-corrected chi connectivity index (χ1v) is 14.7. The molecular weight excluding hydrogens is 580 g/mol. The van der Waals surface area contributed by atoms with Gasteiger partial charge in [-0.1, -0.05) is 82.3 Å². The highest BCUT2D eigenvalue weighted by atomic mass is 16.5. The maximum Gasteiger partial charge on any atom is 0.407 e. The molecule has 2 aromatic carbocycles. The van der Waals surface area contributed by atoms with Gasteiger partial charge in [-0.15, -0.1) is 0 Å². The van der Waals surface area contributed by atoms with Crippen molar-refractivity contribution in [1.82, 2.24) is 20.4 Å². The fourth-order valence-electron chi connectivity index (χ4n) is 5.00. The van der Waals surface area contributed by atoms with Crippen LogP contribution >= 0.6 is 0 Å². The number of carbonyl (C=O) groups is 5. The molecule has 0 bridgehead atoms. The molecule has 1 fully saturated rings. The van der Waals surface area contributed by atoms with Crippen LogP contribution in [-0.2, 0) is 31.2 Å². The second-order valence-electron chi connectivity index (χ2n) is 12.0. The van der Waals surface area contributed by atoms with Crippen molar-refractivity contribution in [3.63, 3.8) is 0 Å². The standard InChI is InChI=1S/C32H42N6O7/c1-19(2)15-25(27(39)35-16-24(28(40)41)36-30(43)45-18-20(3)4)38-29(42)32(5,23-13-11-22(12-14-23)26(33)34)37(31(38)44)17-21-9-7-6-8-10-21/h6-14,19-20,24-25H,15-18H2,1-5H3,(H3,33,34)(H,35,39)(H,36,43)(H,40,41)/t24-,25?,32-/m0/s1. The Morgan fingerprint density at radius 3 is 2.16 bits per heavy atom. The molecule has 0 radical (unpaired) electrons. The van der Waals surface area contributed by atoms with Crippen LogP contribution in [-0.4, -0.2) is 75.9 Å². The summed E-state index contributed by atoms with van der Waals surface area (Å²) in [7, 11) is 0. The van der Waals surface area contributed by atoms with E-state index in [0.29, 0.717) is 11.1 Å². The zero-order chi connectivity index (χ0) is 33.5. The normalized spacial score (nSPS) is 17.8. The van der Waals surface area contributed by atoms with Crippen molar-refractivity contribution in [2.45, 2.75) is 65.2 Å². The van der Waals surface area contributed by atoms with E-state index < -0.39 is 54.1 Å². The van der Waals surface area contributed by atoms with Gasteiger partial charge in [0.05, 0.1) is 6.61 Å². The van der Waals surface area contributed by atoms with E-state index >= 15 is 0 Å². The summed E-state index contributed by atoms with van der Waals surface area (Å²) < 4.78 is 5.00. The molecule has 0 spiro atoms. The van der Waals surface area contributed by atoms with Crippen LogP contribution in [0.25, 0.3) is 0 Å². The Balaban J connectivity index is 1.95. The summed E-state index contributed by atoms with van der Waals surface area (Å²) in [4.78, 5) is 68.5. The van der Waals surface area contributed by atoms with Gasteiger partial charge in [0.2, 0.25) is 5.91 Å². The lowest BCUT2D eigenvalue weighted by molar-refractivity contribution is -0.141. The molecule has 1 heterocycles. The van der Waals surface area contributed by atoms with Gasteiger partial charge in [0.1, 0.15) is 23.5 Å². The number of benzene rings is 2. The Labute approximate surface area is 262 Å². The van der Waals surface area contributed by atoms with E-state index in [0.717, 1.165) is 10.5 Å². The molecule has 0 aliphatic carbocycles. The summed E-state index contributed by atoms with van der Waals surface area (Å²) >= 11 is 0. The number of carboxylic acid groups (broad SMARTS) is 1. The number of urea groups is 1. The summed E-state index contributed by atoms with van der Waals surface area (Å²) in [5.41, 5.74) is 5.76. The molecular formula is C32H42N6O7. The highest BCUT2D eigenvalue weighted by Crippen LogP contribution is 2.40. The number of amidine groups is 1. The minimum Gasteiger partial charge on any atom is -0.480 e. The van der Waals surface area contributed by atoms with Crippen molar-refractivity contribution < 1.29 is 33.8 Å². The third-order valence-electron chi connectivity index (χ3n) is 7.48. The minimum atomic E-state index is -1.52. The number of hydrogen-bond acceptors (Lipinski definition) is 7. The van der Waals surface area contributed by atoms with Gasteiger partial charge in [-0.3, -0.25) is 15.0 Å². The minimum absolute atomic E-state index is 0.0327. The average Bonchev–Trinajstić information content (AvgIpc) is 3.17.